The number of anilines is 1. The van der Waals surface area contributed by atoms with Crippen LogP contribution in [0.15, 0.2) is 96.8 Å². The first-order chi connectivity index (χ1) is 15.1. The number of carbonyl (C=O) groups is 1. The number of allylic oxidation sites excluding steroid dienone is 1. The van der Waals surface area contributed by atoms with Crippen molar-refractivity contribution >= 4 is 23.2 Å². The second kappa shape index (κ2) is 8.83. The van der Waals surface area contributed by atoms with Gasteiger partial charge in [-0.3, -0.25) is 14.9 Å². The van der Waals surface area contributed by atoms with Crippen molar-refractivity contribution in [1.29, 1.82) is 0 Å². The second-order valence-corrected chi connectivity index (χ2v) is 6.61. The van der Waals surface area contributed by atoms with Gasteiger partial charge in [-0.1, -0.05) is 53.7 Å². The number of non-ortho nitro benzene ring substituents is 1. The molecule has 0 fully saturated rings. The summed E-state index contributed by atoms with van der Waals surface area (Å²) in [5.41, 5.74) is 2.71. The molecule has 4 aromatic rings. The molecule has 0 saturated heterocycles. The zero-order valence-corrected chi connectivity index (χ0v) is 16.3. The lowest BCUT2D eigenvalue weighted by Crippen LogP contribution is -2.11. The van der Waals surface area contributed by atoms with Crippen molar-refractivity contribution in [3.8, 4) is 5.69 Å². The summed E-state index contributed by atoms with van der Waals surface area (Å²) in [6, 6.07) is 24.3. The van der Waals surface area contributed by atoms with E-state index in [0.717, 1.165) is 5.69 Å². The summed E-state index contributed by atoms with van der Waals surface area (Å²) in [6.45, 7) is 0. The van der Waals surface area contributed by atoms with Gasteiger partial charge in [0.2, 0.25) is 5.78 Å². The highest BCUT2D eigenvalue weighted by atomic mass is 16.6. The number of Topliss-reactive ketones (excluding diaryl/α,β-unsaturated/α-hetero) is 1. The number of benzene rings is 3. The molecule has 0 aliphatic rings. The van der Waals surface area contributed by atoms with Gasteiger partial charge in [-0.25, -0.2) is 4.68 Å². The topological polar surface area (TPSA) is 103 Å². The van der Waals surface area contributed by atoms with Gasteiger partial charge < -0.3 is 5.32 Å². The van der Waals surface area contributed by atoms with E-state index in [4.69, 9.17) is 0 Å². The number of carbonyl (C=O) groups excluding carboxylic acids is 1. The summed E-state index contributed by atoms with van der Waals surface area (Å²) < 4.78 is 1.49. The Hall–Kier alpha value is -4.59. The molecule has 152 valence electrons. The van der Waals surface area contributed by atoms with Crippen LogP contribution >= 0.6 is 0 Å². The fourth-order valence-electron chi connectivity index (χ4n) is 2.92. The van der Waals surface area contributed by atoms with Crippen molar-refractivity contribution in [1.82, 2.24) is 15.0 Å². The van der Waals surface area contributed by atoms with Gasteiger partial charge in [-0.05, 0) is 30.3 Å². The molecule has 31 heavy (non-hydrogen) atoms. The molecule has 1 N–H and O–H groups in total. The summed E-state index contributed by atoms with van der Waals surface area (Å²) in [6.07, 6.45) is 3.27. The van der Waals surface area contributed by atoms with E-state index in [1.54, 1.807) is 48.7 Å². The number of aromatic nitrogens is 3. The molecule has 8 nitrogen and oxygen atoms in total. The number of hydrogen-bond acceptors (Lipinski definition) is 6. The largest absolute Gasteiger partial charge is 0.352 e. The lowest BCUT2D eigenvalue weighted by Gasteiger charge is -2.10. The molecule has 0 spiro atoms. The third kappa shape index (κ3) is 4.70. The monoisotopic (exact) mass is 411 g/mol. The maximum atomic E-state index is 13.1. The standard InChI is InChI=1S/C23H17N5O3/c29-23(17-7-3-1-4-8-17)22(24-18-9-5-2-6-10-18)15-19-16-27(26-25-19)20-11-13-21(14-12-20)28(30)31/h1-16,24H/b22-15-. The lowest BCUT2D eigenvalue weighted by atomic mass is 10.1. The average Bonchev–Trinajstić information content (AvgIpc) is 3.28. The highest BCUT2D eigenvalue weighted by molar-refractivity contribution is 6.12. The third-order valence-corrected chi connectivity index (χ3v) is 4.46. The normalized spacial score (nSPS) is 11.2. The molecule has 0 aliphatic heterocycles. The Balaban J connectivity index is 1.66. The van der Waals surface area contributed by atoms with Crippen LogP contribution in [0.4, 0.5) is 11.4 Å². The fraction of sp³-hybridized carbons (Fsp3) is 0. The Labute approximate surface area is 177 Å². The summed E-state index contributed by atoms with van der Waals surface area (Å²) in [4.78, 5) is 23.4. The van der Waals surface area contributed by atoms with Gasteiger partial charge in [-0.2, -0.15) is 0 Å². The van der Waals surface area contributed by atoms with Gasteiger partial charge in [-0.15, -0.1) is 5.10 Å². The molecule has 0 bridgehead atoms. The first kappa shape index (κ1) is 19.7. The summed E-state index contributed by atoms with van der Waals surface area (Å²) >= 11 is 0. The molecular formula is C23H17N5O3. The van der Waals surface area contributed by atoms with Crippen molar-refractivity contribution in [2.24, 2.45) is 0 Å². The Morgan fingerprint density at radius 2 is 1.58 bits per heavy atom. The highest BCUT2D eigenvalue weighted by Gasteiger charge is 2.14. The van der Waals surface area contributed by atoms with E-state index in [2.05, 4.69) is 15.6 Å². The molecular weight excluding hydrogens is 394 g/mol. The molecule has 1 aromatic heterocycles. The average molecular weight is 411 g/mol. The van der Waals surface area contributed by atoms with E-state index in [1.165, 1.54) is 16.8 Å². The number of nitro benzene ring substituents is 1. The third-order valence-electron chi connectivity index (χ3n) is 4.46. The van der Waals surface area contributed by atoms with Crippen LogP contribution in [-0.2, 0) is 0 Å². The Morgan fingerprint density at radius 1 is 0.935 bits per heavy atom. The van der Waals surface area contributed by atoms with Gasteiger partial charge in [0.05, 0.1) is 22.5 Å². The first-order valence-corrected chi connectivity index (χ1v) is 9.41. The predicted molar refractivity (Wildman–Crippen MR) is 117 cm³/mol. The highest BCUT2D eigenvalue weighted by Crippen LogP contribution is 2.18. The van der Waals surface area contributed by atoms with E-state index in [0.29, 0.717) is 22.6 Å². The van der Waals surface area contributed by atoms with Gasteiger partial charge in [0.1, 0.15) is 5.69 Å². The van der Waals surface area contributed by atoms with Crippen LogP contribution in [-0.4, -0.2) is 25.7 Å². The minimum Gasteiger partial charge on any atom is -0.352 e. The molecule has 0 aliphatic carbocycles. The second-order valence-electron chi connectivity index (χ2n) is 6.61. The number of nitro groups is 1. The minimum atomic E-state index is -0.462. The number of nitrogens with zero attached hydrogens (tertiary/aromatic N) is 4. The van der Waals surface area contributed by atoms with Crippen LogP contribution in [0.25, 0.3) is 11.8 Å². The van der Waals surface area contributed by atoms with E-state index in [1.807, 2.05) is 36.4 Å². The van der Waals surface area contributed by atoms with Gasteiger partial charge in [0.25, 0.3) is 5.69 Å². The maximum absolute atomic E-state index is 13.1. The Kier molecular flexibility index (Phi) is 5.62. The molecule has 0 atom stereocenters. The Morgan fingerprint density at radius 3 is 2.23 bits per heavy atom. The van der Waals surface area contributed by atoms with Crippen LogP contribution < -0.4 is 5.32 Å². The van der Waals surface area contributed by atoms with Crippen LogP contribution in [0.5, 0.6) is 0 Å². The zero-order chi connectivity index (χ0) is 21.6. The number of nitrogens with one attached hydrogen (secondary N) is 1. The molecule has 0 radical (unpaired) electrons. The van der Waals surface area contributed by atoms with Crippen molar-refractivity contribution in [3.05, 3.63) is 118 Å². The first-order valence-electron chi connectivity index (χ1n) is 9.41. The smallest absolute Gasteiger partial charge is 0.269 e. The molecule has 3 aromatic carbocycles. The number of para-hydroxylation sites is 1. The van der Waals surface area contributed by atoms with Gasteiger partial charge in [0.15, 0.2) is 0 Å². The van der Waals surface area contributed by atoms with Crippen molar-refractivity contribution < 1.29 is 9.72 Å². The lowest BCUT2D eigenvalue weighted by molar-refractivity contribution is -0.384. The van der Waals surface area contributed by atoms with Crippen molar-refractivity contribution in [3.63, 3.8) is 0 Å². The summed E-state index contributed by atoms with van der Waals surface area (Å²) in [7, 11) is 0. The number of rotatable bonds is 7. The van der Waals surface area contributed by atoms with Crippen LogP contribution in [0.1, 0.15) is 16.1 Å². The van der Waals surface area contributed by atoms with Gasteiger partial charge >= 0.3 is 0 Å². The molecule has 0 amide bonds. The quantitative estimate of drug-likeness (QED) is 0.208. The van der Waals surface area contributed by atoms with Crippen LogP contribution in [0.2, 0.25) is 0 Å². The molecule has 8 heteroatoms. The van der Waals surface area contributed by atoms with Gasteiger partial charge in [0, 0.05) is 23.4 Å². The van der Waals surface area contributed by atoms with E-state index < -0.39 is 4.92 Å². The molecule has 0 unspecified atom stereocenters. The van der Waals surface area contributed by atoms with Crippen molar-refractivity contribution in [2.45, 2.75) is 0 Å². The van der Waals surface area contributed by atoms with E-state index in [9.17, 15) is 14.9 Å². The predicted octanol–water partition coefficient (Wildman–Crippen LogP) is 4.51. The Bertz CT molecular complexity index is 1230. The molecule has 1 heterocycles. The van der Waals surface area contributed by atoms with E-state index in [-0.39, 0.29) is 11.5 Å². The van der Waals surface area contributed by atoms with Crippen LogP contribution in [0.3, 0.4) is 0 Å². The molecule has 4 rings (SSSR count). The zero-order valence-electron chi connectivity index (χ0n) is 16.3. The number of hydrogen-bond donors (Lipinski definition) is 1. The summed E-state index contributed by atoms with van der Waals surface area (Å²) in [5.74, 6) is -0.186. The molecule has 0 saturated carbocycles. The van der Waals surface area contributed by atoms with Crippen LogP contribution in [0, 0.1) is 10.1 Å². The SMILES string of the molecule is O=C(/C(=C/c1cn(-c2ccc([N+](=O)[O-])cc2)nn1)Nc1ccccc1)c1ccccc1. The summed E-state index contributed by atoms with van der Waals surface area (Å²) in [5, 5.41) is 22.2. The van der Waals surface area contributed by atoms with Crippen molar-refractivity contribution in [2.75, 3.05) is 5.32 Å². The minimum absolute atomic E-state index is 0.00760. The fourth-order valence-corrected chi connectivity index (χ4v) is 2.92. The van der Waals surface area contributed by atoms with E-state index >= 15 is 0 Å². The number of ketones is 1. The maximum Gasteiger partial charge on any atom is 0.269 e.